The minimum absolute atomic E-state index is 0.0252. The van der Waals surface area contributed by atoms with E-state index in [2.05, 4.69) is 11.6 Å². The van der Waals surface area contributed by atoms with Crippen molar-refractivity contribution in [1.29, 1.82) is 0 Å². The summed E-state index contributed by atoms with van der Waals surface area (Å²) in [5, 5.41) is 11.6. The monoisotopic (exact) mass is 446 g/mol. The number of Topliss-reactive ketones (excluding diaryl/α,β-unsaturated/α-hetero) is 1. The predicted molar refractivity (Wildman–Crippen MR) is 123 cm³/mol. The molecule has 1 saturated heterocycles. The Hall–Kier alpha value is -3.90. The maximum absolute atomic E-state index is 13.1. The zero-order valence-electron chi connectivity index (χ0n) is 16.9. The molecule has 1 amide bonds. The van der Waals surface area contributed by atoms with E-state index in [0.29, 0.717) is 34.3 Å². The maximum Gasteiger partial charge on any atom is 0.301 e. The zero-order valence-corrected chi connectivity index (χ0v) is 17.7. The highest BCUT2D eigenvalue weighted by Gasteiger charge is 2.47. The van der Waals surface area contributed by atoms with Gasteiger partial charge in [0.1, 0.15) is 23.9 Å². The minimum atomic E-state index is -0.862. The highest BCUT2D eigenvalue weighted by molar-refractivity contribution is 6.51. The quantitative estimate of drug-likeness (QED) is 0.251. The van der Waals surface area contributed by atoms with Crippen molar-refractivity contribution >= 4 is 34.9 Å². The molecule has 0 aliphatic carbocycles. The third kappa shape index (κ3) is 4.00. The number of aliphatic hydroxyl groups is 1. The lowest BCUT2D eigenvalue weighted by Gasteiger charge is -2.24. The highest BCUT2D eigenvalue weighted by Crippen LogP contribution is 2.41. The molecule has 0 saturated carbocycles. The molecule has 160 valence electrons. The van der Waals surface area contributed by atoms with Crippen LogP contribution in [0.5, 0.6) is 5.75 Å². The molecule has 1 aliphatic rings. The van der Waals surface area contributed by atoms with E-state index in [9.17, 15) is 14.7 Å². The number of ether oxygens (including phenoxy) is 1. The van der Waals surface area contributed by atoms with Crippen molar-refractivity contribution < 1.29 is 19.4 Å². The van der Waals surface area contributed by atoms with Crippen molar-refractivity contribution in [3.63, 3.8) is 0 Å². The summed E-state index contributed by atoms with van der Waals surface area (Å²) >= 11 is 6.04. The number of nitrogens with zero attached hydrogens (tertiary/aromatic N) is 2. The highest BCUT2D eigenvalue weighted by atomic mass is 35.5. The van der Waals surface area contributed by atoms with E-state index < -0.39 is 17.7 Å². The van der Waals surface area contributed by atoms with Gasteiger partial charge in [-0.15, -0.1) is 0 Å². The molecule has 1 atom stereocenters. The van der Waals surface area contributed by atoms with Gasteiger partial charge in [-0.05, 0) is 54.1 Å². The Bertz CT molecular complexity index is 1190. The van der Waals surface area contributed by atoms with Crippen LogP contribution in [-0.2, 0) is 9.59 Å². The molecule has 3 aromatic rings. The van der Waals surface area contributed by atoms with Gasteiger partial charge < -0.3 is 9.84 Å². The molecule has 2 aromatic carbocycles. The largest absolute Gasteiger partial charge is 0.507 e. The molecule has 6 nitrogen and oxygen atoms in total. The lowest BCUT2D eigenvalue weighted by Crippen LogP contribution is -2.30. The van der Waals surface area contributed by atoms with Gasteiger partial charge in [0.05, 0.1) is 11.6 Å². The summed E-state index contributed by atoms with van der Waals surface area (Å²) < 4.78 is 5.46. The smallest absolute Gasteiger partial charge is 0.301 e. The fraction of sp³-hybridized carbons (Fsp3) is 0.0800. The van der Waals surface area contributed by atoms with Gasteiger partial charge in [-0.1, -0.05) is 42.5 Å². The van der Waals surface area contributed by atoms with E-state index >= 15 is 0 Å². The van der Waals surface area contributed by atoms with Gasteiger partial charge in [0.25, 0.3) is 5.78 Å². The topological polar surface area (TPSA) is 79.7 Å². The Labute approximate surface area is 190 Å². The first-order chi connectivity index (χ1) is 15.5. The van der Waals surface area contributed by atoms with Crippen LogP contribution in [0.2, 0.25) is 5.02 Å². The summed E-state index contributed by atoms with van der Waals surface area (Å²) in [6, 6.07) is 17.6. The average Bonchev–Trinajstić information content (AvgIpc) is 3.09. The van der Waals surface area contributed by atoms with Crippen molar-refractivity contribution in [2.45, 2.75) is 6.04 Å². The lowest BCUT2D eigenvalue weighted by molar-refractivity contribution is -0.132. The van der Waals surface area contributed by atoms with Crippen LogP contribution in [0.15, 0.2) is 91.2 Å². The number of aromatic nitrogens is 1. The zero-order chi connectivity index (χ0) is 22.7. The molecule has 1 N–H and O–H groups in total. The first-order valence-electron chi connectivity index (χ1n) is 9.83. The number of aliphatic hydroxyl groups excluding tert-OH is 1. The number of hydrogen-bond donors (Lipinski definition) is 1. The fourth-order valence-corrected chi connectivity index (χ4v) is 3.67. The van der Waals surface area contributed by atoms with Crippen LogP contribution >= 0.6 is 11.6 Å². The van der Waals surface area contributed by atoms with E-state index in [1.165, 1.54) is 11.1 Å². The third-order valence-electron chi connectivity index (χ3n) is 5.02. The van der Waals surface area contributed by atoms with Gasteiger partial charge in [-0.2, -0.15) is 0 Å². The van der Waals surface area contributed by atoms with Gasteiger partial charge in [0, 0.05) is 16.8 Å². The van der Waals surface area contributed by atoms with E-state index in [4.69, 9.17) is 16.3 Å². The van der Waals surface area contributed by atoms with Crippen LogP contribution in [0.3, 0.4) is 0 Å². The van der Waals surface area contributed by atoms with E-state index in [-0.39, 0.29) is 11.3 Å². The summed E-state index contributed by atoms with van der Waals surface area (Å²) in [5.74, 6) is -0.945. The van der Waals surface area contributed by atoms with Crippen LogP contribution < -0.4 is 9.64 Å². The fourth-order valence-electron chi connectivity index (χ4n) is 3.55. The number of halogens is 1. The number of carbonyl (C=O) groups excluding carboxylic acids is 2. The molecule has 0 radical (unpaired) electrons. The van der Waals surface area contributed by atoms with Gasteiger partial charge in [0.15, 0.2) is 0 Å². The molecule has 0 bridgehead atoms. The van der Waals surface area contributed by atoms with Crippen molar-refractivity contribution in [2.24, 2.45) is 0 Å². The van der Waals surface area contributed by atoms with Gasteiger partial charge >= 0.3 is 5.91 Å². The van der Waals surface area contributed by atoms with Crippen LogP contribution in [0, 0.1) is 0 Å². The summed E-state index contributed by atoms with van der Waals surface area (Å²) in [5.41, 5.74) is 0.975. The van der Waals surface area contributed by atoms with Crippen molar-refractivity contribution in [1.82, 2.24) is 4.98 Å². The Morgan fingerprint density at radius 2 is 1.81 bits per heavy atom. The summed E-state index contributed by atoms with van der Waals surface area (Å²) in [7, 11) is 0. The van der Waals surface area contributed by atoms with E-state index in [1.807, 2.05) is 0 Å². The minimum Gasteiger partial charge on any atom is -0.507 e. The van der Waals surface area contributed by atoms with Crippen LogP contribution in [-0.4, -0.2) is 28.4 Å². The van der Waals surface area contributed by atoms with Crippen LogP contribution in [0.25, 0.3) is 5.76 Å². The Balaban J connectivity index is 1.84. The van der Waals surface area contributed by atoms with Crippen molar-refractivity contribution in [3.05, 3.63) is 107 Å². The first-order valence-corrected chi connectivity index (χ1v) is 10.2. The predicted octanol–water partition coefficient (Wildman–Crippen LogP) is 4.93. The van der Waals surface area contributed by atoms with Crippen molar-refractivity contribution in [3.8, 4) is 5.75 Å². The number of pyridine rings is 1. The molecule has 7 heteroatoms. The first kappa shape index (κ1) is 21.3. The second kappa shape index (κ2) is 9.08. The molecule has 1 aromatic heterocycles. The summed E-state index contributed by atoms with van der Waals surface area (Å²) in [6.45, 7) is 3.95. The lowest BCUT2D eigenvalue weighted by atomic mass is 9.95. The molecule has 1 aliphatic heterocycles. The normalized spacial score (nSPS) is 17.4. The number of benzene rings is 2. The number of anilines is 1. The molecule has 0 unspecified atom stereocenters. The Kier molecular flexibility index (Phi) is 6.05. The molecule has 1 fully saturated rings. The van der Waals surface area contributed by atoms with Gasteiger partial charge in [0.2, 0.25) is 0 Å². The Morgan fingerprint density at radius 1 is 1.09 bits per heavy atom. The van der Waals surface area contributed by atoms with Crippen LogP contribution in [0.1, 0.15) is 17.2 Å². The molecule has 2 heterocycles. The third-order valence-corrected chi connectivity index (χ3v) is 5.27. The van der Waals surface area contributed by atoms with Crippen molar-refractivity contribution in [2.75, 3.05) is 11.5 Å². The maximum atomic E-state index is 13.1. The van der Waals surface area contributed by atoms with Gasteiger partial charge in [-0.25, -0.2) is 4.98 Å². The van der Waals surface area contributed by atoms with Gasteiger partial charge in [-0.3, -0.25) is 14.5 Å². The standard InChI is InChI=1S/C25H19ClN2O4/c1-2-15-32-19-12-8-17(9-13-19)23(29)21-22(16-6-10-18(26)11-7-16)28(25(31)24(21)30)20-5-3-4-14-27-20/h2-14,22,29H,1,15H2/t22-/m0/s1. The molecule has 4 rings (SSSR count). The number of ketones is 1. The Morgan fingerprint density at radius 3 is 2.44 bits per heavy atom. The number of carbonyl (C=O) groups is 2. The average molecular weight is 447 g/mol. The van der Waals surface area contributed by atoms with E-state index in [1.54, 1.807) is 72.8 Å². The molecule has 0 spiro atoms. The van der Waals surface area contributed by atoms with Crippen LogP contribution in [0.4, 0.5) is 5.82 Å². The molecule has 32 heavy (non-hydrogen) atoms. The number of rotatable bonds is 6. The van der Waals surface area contributed by atoms with E-state index in [0.717, 1.165) is 0 Å². The molecular formula is C25H19ClN2O4. The summed E-state index contributed by atoms with van der Waals surface area (Å²) in [4.78, 5) is 31.6. The summed E-state index contributed by atoms with van der Waals surface area (Å²) in [6.07, 6.45) is 3.16. The number of hydrogen-bond acceptors (Lipinski definition) is 5. The second-order valence-electron chi connectivity index (χ2n) is 7.03. The number of amides is 1. The second-order valence-corrected chi connectivity index (χ2v) is 7.47. The molecular weight excluding hydrogens is 428 g/mol. The SMILES string of the molecule is C=CCOc1ccc(C(O)=C2C(=O)C(=O)N(c3ccccn3)[C@H]2c2ccc(Cl)cc2)cc1.